The van der Waals surface area contributed by atoms with Crippen molar-refractivity contribution in [1.29, 1.82) is 0 Å². The molecule has 1 aliphatic heterocycles. The van der Waals surface area contributed by atoms with Gasteiger partial charge < -0.3 is 16.0 Å². The maximum absolute atomic E-state index is 12.5. The van der Waals surface area contributed by atoms with Gasteiger partial charge in [0.25, 0.3) is 0 Å². The second kappa shape index (κ2) is 9.50. The minimum absolute atomic E-state index is 0.0276. The predicted octanol–water partition coefficient (Wildman–Crippen LogP) is 1.69. The summed E-state index contributed by atoms with van der Waals surface area (Å²) in [7, 11) is 0. The van der Waals surface area contributed by atoms with Crippen molar-refractivity contribution in [2.75, 3.05) is 26.2 Å². The molecule has 7 heteroatoms. The average Bonchev–Trinajstić information content (AvgIpc) is 3.20. The Morgan fingerprint density at radius 3 is 2.69 bits per heavy atom. The lowest BCUT2D eigenvalue weighted by molar-refractivity contribution is -0.121. The van der Waals surface area contributed by atoms with Crippen LogP contribution in [-0.2, 0) is 24.2 Å². The predicted molar refractivity (Wildman–Crippen MR) is 112 cm³/mol. The number of carbonyl (C=O) groups is 1. The van der Waals surface area contributed by atoms with Gasteiger partial charge in [-0.05, 0) is 56.7 Å². The van der Waals surface area contributed by atoms with Crippen LogP contribution in [0.1, 0.15) is 48.9 Å². The number of likely N-dealkylation sites (tertiary alicyclic amines) is 1. The Morgan fingerprint density at radius 1 is 1.21 bits per heavy atom. The van der Waals surface area contributed by atoms with E-state index < -0.39 is 0 Å². The summed E-state index contributed by atoms with van der Waals surface area (Å²) in [4.78, 5) is 19.6. The topological polar surface area (TPSA) is 89.1 Å². The van der Waals surface area contributed by atoms with Gasteiger partial charge in [0.2, 0.25) is 5.91 Å². The molecule has 1 saturated carbocycles. The minimum Gasteiger partial charge on any atom is -0.353 e. The second-order valence-electron chi connectivity index (χ2n) is 8.39. The molecule has 0 bridgehead atoms. The Hall–Kier alpha value is -2.25. The third-order valence-electron chi connectivity index (χ3n) is 5.78. The SMILES string of the molecule is NC(Cc1ccccc1)c1nc(CC2CC2)nn1CC(=O)NCCN1CCCC1. The molecule has 0 radical (unpaired) electrons. The highest BCUT2D eigenvalue weighted by molar-refractivity contribution is 5.75. The largest absolute Gasteiger partial charge is 0.353 e. The molecule has 2 heterocycles. The molecule has 3 N–H and O–H groups in total. The molecule has 2 aromatic rings. The first-order valence-corrected chi connectivity index (χ1v) is 10.9. The van der Waals surface area contributed by atoms with Gasteiger partial charge in [-0.15, -0.1) is 0 Å². The molecule has 0 spiro atoms. The van der Waals surface area contributed by atoms with Crippen LogP contribution in [0.3, 0.4) is 0 Å². The molecule has 2 fully saturated rings. The first-order valence-electron chi connectivity index (χ1n) is 10.9. The summed E-state index contributed by atoms with van der Waals surface area (Å²) in [6, 6.07) is 9.87. The smallest absolute Gasteiger partial charge is 0.241 e. The fraction of sp³-hybridized carbons (Fsp3) is 0.591. The van der Waals surface area contributed by atoms with Gasteiger partial charge in [-0.2, -0.15) is 5.10 Å². The molecule has 1 aromatic heterocycles. The molecule has 1 amide bonds. The Balaban J connectivity index is 1.38. The van der Waals surface area contributed by atoms with Crippen molar-refractivity contribution in [1.82, 2.24) is 25.0 Å². The van der Waals surface area contributed by atoms with Gasteiger partial charge in [0, 0.05) is 19.5 Å². The van der Waals surface area contributed by atoms with E-state index in [1.807, 2.05) is 18.2 Å². The van der Waals surface area contributed by atoms with Crippen molar-refractivity contribution in [3.63, 3.8) is 0 Å². The van der Waals surface area contributed by atoms with Gasteiger partial charge in [0.05, 0.1) is 6.04 Å². The zero-order valence-electron chi connectivity index (χ0n) is 17.1. The van der Waals surface area contributed by atoms with Crippen molar-refractivity contribution in [3.8, 4) is 0 Å². The van der Waals surface area contributed by atoms with Crippen molar-refractivity contribution < 1.29 is 4.79 Å². The van der Waals surface area contributed by atoms with Crippen molar-refractivity contribution in [2.45, 2.75) is 51.1 Å². The molecular weight excluding hydrogens is 364 g/mol. The Labute approximate surface area is 172 Å². The summed E-state index contributed by atoms with van der Waals surface area (Å²) in [5.74, 6) is 2.19. The standard InChI is InChI=1S/C22H32N6O/c23-19(14-17-6-2-1-3-7-17)22-25-20(15-18-8-9-18)26-28(22)16-21(29)24-10-13-27-11-4-5-12-27/h1-3,6-7,18-19H,4-5,8-16,23H2,(H,24,29). The minimum atomic E-state index is -0.282. The molecule has 1 unspecified atom stereocenters. The zero-order chi connectivity index (χ0) is 20.1. The maximum Gasteiger partial charge on any atom is 0.241 e. The highest BCUT2D eigenvalue weighted by Gasteiger charge is 2.26. The third kappa shape index (κ3) is 5.87. The molecule has 1 aromatic carbocycles. The Bertz CT molecular complexity index is 795. The van der Waals surface area contributed by atoms with Crippen LogP contribution in [0.25, 0.3) is 0 Å². The number of amides is 1. The van der Waals surface area contributed by atoms with Crippen LogP contribution < -0.4 is 11.1 Å². The van der Waals surface area contributed by atoms with Crippen molar-refractivity contribution in [3.05, 3.63) is 47.5 Å². The van der Waals surface area contributed by atoms with E-state index >= 15 is 0 Å². The Kier molecular flexibility index (Phi) is 6.56. The summed E-state index contributed by atoms with van der Waals surface area (Å²) in [6.45, 7) is 4.05. The summed E-state index contributed by atoms with van der Waals surface area (Å²) >= 11 is 0. The number of rotatable bonds is 10. The quantitative estimate of drug-likeness (QED) is 0.638. The average molecular weight is 397 g/mol. The van der Waals surface area contributed by atoms with Gasteiger partial charge in [0.15, 0.2) is 5.82 Å². The van der Waals surface area contributed by atoms with Crippen LogP contribution in [0.15, 0.2) is 30.3 Å². The van der Waals surface area contributed by atoms with Gasteiger partial charge in [0.1, 0.15) is 12.4 Å². The number of carbonyl (C=O) groups excluding carboxylic acids is 1. The van der Waals surface area contributed by atoms with Crippen LogP contribution in [-0.4, -0.2) is 51.8 Å². The Morgan fingerprint density at radius 2 is 1.97 bits per heavy atom. The van der Waals surface area contributed by atoms with E-state index in [1.54, 1.807) is 4.68 Å². The lowest BCUT2D eigenvalue weighted by Crippen LogP contribution is -2.36. The molecule has 4 rings (SSSR count). The molecule has 156 valence electrons. The number of nitrogens with one attached hydrogen (secondary N) is 1. The summed E-state index contributed by atoms with van der Waals surface area (Å²) in [5, 5.41) is 7.66. The number of benzene rings is 1. The van der Waals surface area contributed by atoms with Gasteiger partial charge in [-0.3, -0.25) is 4.79 Å². The van der Waals surface area contributed by atoms with E-state index in [9.17, 15) is 4.79 Å². The van der Waals surface area contributed by atoms with Crippen LogP contribution >= 0.6 is 0 Å². The highest BCUT2D eigenvalue weighted by Crippen LogP contribution is 2.32. The van der Waals surface area contributed by atoms with Crippen LogP contribution in [0, 0.1) is 5.92 Å². The van der Waals surface area contributed by atoms with Gasteiger partial charge in [-0.1, -0.05) is 30.3 Å². The zero-order valence-corrected chi connectivity index (χ0v) is 17.1. The first kappa shape index (κ1) is 20.0. The molecule has 7 nitrogen and oxygen atoms in total. The van der Waals surface area contributed by atoms with E-state index in [0.717, 1.165) is 37.4 Å². The number of nitrogens with two attached hydrogens (primary N) is 1. The lowest BCUT2D eigenvalue weighted by atomic mass is 10.1. The fourth-order valence-corrected chi connectivity index (χ4v) is 3.97. The number of hydrogen-bond acceptors (Lipinski definition) is 5. The van der Waals surface area contributed by atoms with E-state index in [0.29, 0.717) is 24.7 Å². The normalized spacial score (nSPS) is 18.1. The van der Waals surface area contributed by atoms with Crippen molar-refractivity contribution in [2.24, 2.45) is 11.7 Å². The number of aromatic nitrogens is 3. The first-order chi connectivity index (χ1) is 14.2. The highest BCUT2D eigenvalue weighted by atomic mass is 16.2. The van der Waals surface area contributed by atoms with Crippen LogP contribution in [0.5, 0.6) is 0 Å². The second-order valence-corrected chi connectivity index (χ2v) is 8.39. The lowest BCUT2D eigenvalue weighted by Gasteiger charge is -2.15. The van der Waals surface area contributed by atoms with E-state index in [-0.39, 0.29) is 18.5 Å². The van der Waals surface area contributed by atoms with Crippen molar-refractivity contribution >= 4 is 5.91 Å². The summed E-state index contributed by atoms with van der Waals surface area (Å²) < 4.78 is 1.72. The summed E-state index contributed by atoms with van der Waals surface area (Å²) in [6.07, 6.45) is 6.58. The van der Waals surface area contributed by atoms with Crippen LogP contribution in [0.4, 0.5) is 0 Å². The van der Waals surface area contributed by atoms with Gasteiger partial charge >= 0.3 is 0 Å². The van der Waals surface area contributed by atoms with Crippen LogP contribution in [0.2, 0.25) is 0 Å². The fourth-order valence-electron chi connectivity index (χ4n) is 3.97. The van der Waals surface area contributed by atoms with E-state index in [2.05, 4.69) is 27.4 Å². The molecule has 2 aliphatic rings. The molecule has 1 saturated heterocycles. The van der Waals surface area contributed by atoms with Gasteiger partial charge in [-0.25, -0.2) is 9.67 Å². The molecule has 1 atom stereocenters. The maximum atomic E-state index is 12.5. The molecule has 1 aliphatic carbocycles. The monoisotopic (exact) mass is 396 g/mol. The van der Waals surface area contributed by atoms with E-state index in [4.69, 9.17) is 10.7 Å². The molecule has 29 heavy (non-hydrogen) atoms. The third-order valence-corrected chi connectivity index (χ3v) is 5.78. The number of nitrogens with zero attached hydrogens (tertiary/aromatic N) is 4. The van der Waals surface area contributed by atoms with E-state index in [1.165, 1.54) is 25.7 Å². The number of hydrogen-bond donors (Lipinski definition) is 2. The molecular formula is C22H32N6O. The summed E-state index contributed by atoms with van der Waals surface area (Å²) in [5.41, 5.74) is 7.64.